The van der Waals surface area contributed by atoms with E-state index in [0.717, 1.165) is 43.5 Å². The van der Waals surface area contributed by atoms with Crippen molar-refractivity contribution in [2.75, 3.05) is 18.4 Å². The highest BCUT2D eigenvalue weighted by molar-refractivity contribution is 6.06. The van der Waals surface area contributed by atoms with E-state index in [-0.39, 0.29) is 22.9 Å². The summed E-state index contributed by atoms with van der Waals surface area (Å²) in [5.74, 6) is -0.112. The Morgan fingerprint density at radius 1 is 1.09 bits per heavy atom. The highest BCUT2D eigenvalue weighted by Crippen LogP contribution is 2.44. The van der Waals surface area contributed by atoms with Gasteiger partial charge in [-0.1, -0.05) is 0 Å². The Bertz CT molecular complexity index is 1120. The van der Waals surface area contributed by atoms with Crippen molar-refractivity contribution >= 4 is 29.1 Å². The zero-order chi connectivity index (χ0) is 22.3. The fourth-order valence-electron chi connectivity index (χ4n) is 3.82. The van der Waals surface area contributed by atoms with Crippen LogP contribution in [-0.2, 0) is 0 Å². The number of halogens is 1. The topological polar surface area (TPSA) is 94.6 Å². The summed E-state index contributed by atoms with van der Waals surface area (Å²) in [6, 6.07) is 9.73. The van der Waals surface area contributed by atoms with E-state index in [1.165, 1.54) is 12.1 Å². The largest absolute Gasteiger partial charge is 0.355 e. The van der Waals surface area contributed by atoms with Gasteiger partial charge in [-0.3, -0.25) is 19.9 Å². The molecule has 0 radical (unpaired) electrons. The minimum atomic E-state index is -0.477. The van der Waals surface area contributed by atoms with Gasteiger partial charge in [-0.05, 0) is 80.5 Å². The number of aliphatic imine (C=N–C) groups is 1. The van der Waals surface area contributed by atoms with Crippen LogP contribution in [-0.4, -0.2) is 36.4 Å². The maximum absolute atomic E-state index is 14.3. The Morgan fingerprint density at radius 2 is 1.91 bits per heavy atom. The van der Waals surface area contributed by atoms with Crippen LogP contribution in [0.2, 0.25) is 0 Å². The first-order valence-corrected chi connectivity index (χ1v) is 11.0. The number of nitrogens with one attached hydrogen (secondary N) is 4. The van der Waals surface area contributed by atoms with Crippen molar-refractivity contribution in [2.45, 2.75) is 44.1 Å². The van der Waals surface area contributed by atoms with Gasteiger partial charge in [0.1, 0.15) is 5.82 Å². The minimum Gasteiger partial charge on any atom is -0.355 e. The number of amides is 2. The van der Waals surface area contributed by atoms with Gasteiger partial charge < -0.3 is 16.0 Å². The summed E-state index contributed by atoms with van der Waals surface area (Å²) in [5.41, 5.74) is 2.98. The van der Waals surface area contributed by atoms with Crippen LogP contribution >= 0.6 is 0 Å². The molecular formula is C24H26FN5O2. The Balaban J connectivity index is 1.36. The molecule has 2 saturated carbocycles. The second-order valence-electron chi connectivity index (χ2n) is 9.06. The monoisotopic (exact) mass is 435 g/mol. The van der Waals surface area contributed by atoms with Crippen molar-refractivity contribution in [3.05, 3.63) is 58.9 Å². The smallest absolute Gasteiger partial charge is 0.257 e. The minimum absolute atomic E-state index is 0.174. The zero-order valence-corrected chi connectivity index (χ0v) is 17.9. The van der Waals surface area contributed by atoms with Gasteiger partial charge in [0.2, 0.25) is 0 Å². The van der Waals surface area contributed by atoms with Crippen LogP contribution in [0.1, 0.15) is 64.8 Å². The third-order valence-corrected chi connectivity index (χ3v) is 6.09. The molecule has 0 atom stereocenters. The summed E-state index contributed by atoms with van der Waals surface area (Å²) in [4.78, 5) is 29.3. The molecule has 2 fully saturated rings. The predicted octanol–water partition coefficient (Wildman–Crippen LogP) is 3.42. The van der Waals surface area contributed by atoms with Gasteiger partial charge in [0.05, 0.1) is 6.54 Å². The summed E-state index contributed by atoms with van der Waals surface area (Å²) in [6.07, 6.45) is 3.97. The number of benzene rings is 2. The van der Waals surface area contributed by atoms with Crippen molar-refractivity contribution in [2.24, 2.45) is 4.99 Å². The Labute approximate surface area is 185 Å². The molecule has 3 aliphatic rings. The van der Waals surface area contributed by atoms with Gasteiger partial charge in [-0.25, -0.2) is 4.39 Å². The number of rotatable bonds is 6. The predicted molar refractivity (Wildman–Crippen MR) is 121 cm³/mol. The molecule has 7 nitrogen and oxygen atoms in total. The third kappa shape index (κ3) is 4.59. The number of hydrogen-bond acceptors (Lipinski definition) is 5. The van der Waals surface area contributed by atoms with Crippen molar-refractivity contribution in [3.8, 4) is 0 Å². The summed E-state index contributed by atoms with van der Waals surface area (Å²) in [6.45, 7) is 3.36. The molecule has 2 amide bonds. The van der Waals surface area contributed by atoms with Crippen LogP contribution in [0.25, 0.3) is 0 Å². The molecule has 1 aliphatic heterocycles. The molecule has 2 aliphatic carbocycles. The van der Waals surface area contributed by atoms with E-state index >= 15 is 0 Å². The SMILES string of the molecule is CC1(NC(=O)c2cc(F)cc(Nc3ccc(C(=O)NC4=NCCN4)cc3C3CC3)c2)CC1. The van der Waals surface area contributed by atoms with Crippen LogP contribution < -0.4 is 21.3 Å². The lowest BCUT2D eigenvalue weighted by atomic mass is 10.0. The first kappa shape index (κ1) is 20.5. The quantitative estimate of drug-likeness (QED) is 0.559. The van der Waals surface area contributed by atoms with Crippen LogP contribution in [0.5, 0.6) is 0 Å². The van der Waals surface area contributed by atoms with Crippen molar-refractivity contribution in [1.82, 2.24) is 16.0 Å². The summed E-state index contributed by atoms with van der Waals surface area (Å²) < 4.78 is 14.3. The first-order chi connectivity index (χ1) is 15.4. The van der Waals surface area contributed by atoms with Crippen molar-refractivity contribution in [3.63, 3.8) is 0 Å². The highest BCUT2D eigenvalue weighted by atomic mass is 19.1. The zero-order valence-electron chi connectivity index (χ0n) is 17.9. The van der Waals surface area contributed by atoms with E-state index in [9.17, 15) is 14.0 Å². The summed E-state index contributed by atoms with van der Waals surface area (Å²) in [7, 11) is 0. The molecule has 0 unspecified atom stereocenters. The van der Waals surface area contributed by atoms with Gasteiger partial charge in [-0.15, -0.1) is 0 Å². The molecule has 5 rings (SSSR count). The van der Waals surface area contributed by atoms with E-state index in [4.69, 9.17) is 0 Å². The second kappa shape index (κ2) is 7.93. The lowest BCUT2D eigenvalue weighted by Gasteiger charge is -2.16. The fourth-order valence-corrected chi connectivity index (χ4v) is 3.82. The lowest BCUT2D eigenvalue weighted by Crippen LogP contribution is -2.38. The molecule has 0 saturated heterocycles. The number of nitrogens with zero attached hydrogens (tertiary/aromatic N) is 1. The average Bonchev–Trinajstić information content (AvgIpc) is 3.67. The average molecular weight is 436 g/mol. The lowest BCUT2D eigenvalue weighted by molar-refractivity contribution is 0.0933. The Hall–Kier alpha value is -3.42. The summed E-state index contributed by atoms with van der Waals surface area (Å²) >= 11 is 0. The number of carbonyl (C=O) groups is 2. The number of carbonyl (C=O) groups excluding carboxylic acids is 2. The van der Waals surface area contributed by atoms with Crippen molar-refractivity contribution in [1.29, 1.82) is 0 Å². The third-order valence-electron chi connectivity index (χ3n) is 6.09. The van der Waals surface area contributed by atoms with Gasteiger partial charge in [-0.2, -0.15) is 0 Å². The van der Waals surface area contributed by atoms with E-state index in [2.05, 4.69) is 26.3 Å². The first-order valence-electron chi connectivity index (χ1n) is 11.0. The van der Waals surface area contributed by atoms with E-state index in [1.54, 1.807) is 12.1 Å². The normalized spacial score (nSPS) is 18.4. The van der Waals surface area contributed by atoms with Gasteiger partial charge in [0.15, 0.2) is 5.96 Å². The molecule has 4 N–H and O–H groups in total. The van der Waals surface area contributed by atoms with Gasteiger partial charge in [0, 0.05) is 34.6 Å². The molecule has 32 heavy (non-hydrogen) atoms. The van der Waals surface area contributed by atoms with Crippen LogP contribution in [0, 0.1) is 5.82 Å². The van der Waals surface area contributed by atoms with Gasteiger partial charge >= 0.3 is 0 Å². The number of anilines is 2. The molecule has 0 bridgehead atoms. The summed E-state index contributed by atoms with van der Waals surface area (Å²) in [5, 5.41) is 12.0. The Morgan fingerprint density at radius 3 is 2.59 bits per heavy atom. The molecule has 2 aromatic carbocycles. The number of hydrogen-bond donors (Lipinski definition) is 4. The molecule has 0 spiro atoms. The van der Waals surface area contributed by atoms with Crippen molar-refractivity contribution < 1.29 is 14.0 Å². The van der Waals surface area contributed by atoms with Crippen LogP contribution in [0.3, 0.4) is 0 Å². The van der Waals surface area contributed by atoms with E-state index in [0.29, 0.717) is 29.7 Å². The molecule has 1 heterocycles. The molecule has 2 aromatic rings. The van der Waals surface area contributed by atoms with Gasteiger partial charge in [0.25, 0.3) is 11.8 Å². The molecule has 8 heteroatoms. The van der Waals surface area contributed by atoms with E-state index in [1.807, 2.05) is 19.1 Å². The fraction of sp³-hybridized carbons (Fsp3) is 0.375. The number of guanidine groups is 1. The molecule has 0 aromatic heterocycles. The molecule has 166 valence electrons. The van der Waals surface area contributed by atoms with Crippen LogP contribution in [0.15, 0.2) is 41.4 Å². The maximum atomic E-state index is 14.3. The van der Waals surface area contributed by atoms with Crippen LogP contribution in [0.4, 0.5) is 15.8 Å². The van der Waals surface area contributed by atoms with E-state index < -0.39 is 5.82 Å². The second-order valence-corrected chi connectivity index (χ2v) is 9.06. The Kier molecular flexibility index (Phi) is 5.07. The standard InChI is InChI=1S/C24H26FN5O2/c1-24(6-7-24)30-22(32)16-10-17(25)13-18(11-16)28-20-5-4-15(12-19(20)14-2-3-14)21(31)29-23-26-8-9-27-23/h4-5,10-14,28H,2-3,6-9H2,1H3,(H,30,32)(H2,26,27,29,31). The maximum Gasteiger partial charge on any atom is 0.257 e. The highest BCUT2D eigenvalue weighted by Gasteiger charge is 2.38. The molecular weight excluding hydrogens is 409 g/mol.